The third kappa shape index (κ3) is 2.64. The molecule has 0 fully saturated rings. The van der Waals surface area contributed by atoms with Crippen molar-refractivity contribution < 1.29 is 8.42 Å². The van der Waals surface area contributed by atoms with Crippen LogP contribution in [0.1, 0.15) is 5.56 Å². The smallest absolute Gasteiger partial charge is 0.263 e. The fourth-order valence-corrected chi connectivity index (χ4v) is 2.74. The number of anilines is 2. The largest absolute Gasteiger partial charge is 0.396 e. The molecule has 1 heterocycles. The number of rotatable bonds is 3. The predicted octanol–water partition coefficient (Wildman–Crippen LogP) is 1.34. The lowest BCUT2D eigenvalue weighted by molar-refractivity contribution is 0.601. The van der Waals surface area contributed by atoms with Gasteiger partial charge >= 0.3 is 0 Å². The van der Waals surface area contributed by atoms with Crippen molar-refractivity contribution in [3.8, 4) is 6.07 Å². The van der Waals surface area contributed by atoms with Crippen molar-refractivity contribution in [3.63, 3.8) is 0 Å². The molecule has 2 aromatic rings. The van der Waals surface area contributed by atoms with E-state index in [1.54, 1.807) is 12.1 Å². The van der Waals surface area contributed by atoms with Crippen LogP contribution >= 0.6 is 0 Å². The summed E-state index contributed by atoms with van der Waals surface area (Å²) in [4.78, 5) is 3.68. The highest BCUT2D eigenvalue weighted by Crippen LogP contribution is 2.22. The van der Waals surface area contributed by atoms with Gasteiger partial charge in [0, 0.05) is 6.20 Å². The molecule has 0 aliphatic rings. The molecule has 0 aliphatic carbocycles. The topological polar surface area (TPSA) is 109 Å². The molecule has 6 nitrogen and oxygen atoms in total. The summed E-state index contributed by atoms with van der Waals surface area (Å²) in [6.07, 6.45) is 2.76. The van der Waals surface area contributed by atoms with Crippen LogP contribution in [0.4, 0.5) is 11.4 Å². The highest BCUT2D eigenvalue weighted by Gasteiger charge is 2.19. The lowest BCUT2D eigenvalue weighted by atomic mass is 10.2. The first kappa shape index (κ1) is 12.9. The molecular formula is C12H10N4O2S. The van der Waals surface area contributed by atoms with Crippen LogP contribution in [0, 0.1) is 11.3 Å². The van der Waals surface area contributed by atoms with Crippen LogP contribution in [-0.4, -0.2) is 13.4 Å². The van der Waals surface area contributed by atoms with E-state index in [1.807, 2.05) is 6.07 Å². The Hall–Kier alpha value is -2.59. The summed E-state index contributed by atoms with van der Waals surface area (Å²) in [6, 6.07) is 9.22. The summed E-state index contributed by atoms with van der Waals surface area (Å²) < 4.78 is 26.7. The number of pyridine rings is 1. The number of nitrogen functional groups attached to an aromatic ring is 1. The van der Waals surface area contributed by atoms with E-state index in [-0.39, 0.29) is 21.8 Å². The Morgan fingerprint density at radius 2 is 2.00 bits per heavy atom. The third-order valence-corrected chi connectivity index (χ3v) is 3.82. The van der Waals surface area contributed by atoms with E-state index in [0.29, 0.717) is 0 Å². The molecule has 0 saturated carbocycles. The highest BCUT2D eigenvalue weighted by atomic mass is 32.2. The summed E-state index contributed by atoms with van der Waals surface area (Å²) >= 11 is 0. The van der Waals surface area contributed by atoms with Crippen LogP contribution in [0.2, 0.25) is 0 Å². The summed E-state index contributed by atoms with van der Waals surface area (Å²) in [5, 5.41) is 8.93. The van der Waals surface area contributed by atoms with Gasteiger partial charge in [-0.1, -0.05) is 12.1 Å². The van der Waals surface area contributed by atoms with E-state index >= 15 is 0 Å². The molecule has 0 radical (unpaired) electrons. The van der Waals surface area contributed by atoms with Gasteiger partial charge in [0.2, 0.25) is 0 Å². The molecule has 0 unspecified atom stereocenters. The van der Waals surface area contributed by atoms with Crippen LogP contribution in [0.3, 0.4) is 0 Å². The number of nitrogens with one attached hydrogen (secondary N) is 1. The first-order valence-corrected chi connectivity index (χ1v) is 6.74. The zero-order valence-corrected chi connectivity index (χ0v) is 10.6. The van der Waals surface area contributed by atoms with Gasteiger partial charge in [0.25, 0.3) is 10.0 Å². The number of hydrogen-bond acceptors (Lipinski definition) is 5. The molecule has 1 aromatic carbocycles. The van der Waals surface area contributed by atoms with Gasteiger partial charge in [-0.15, -0.1) is 0 Å². The Morgan fingerprint density at radius 3 is 2.68 bits per heavy atom. The van der Waals surface area contributed by atoms with Crippen molar-refractivity contribution in [1.82, 2.24) is 4.98 Å². The zero-order valence-electron chi connectivity index (χ0n) is 9.74. The summed E-state index contributed by atoms with van der Waals surface area (Å²) in [5.41, 5.74) is 6.13. The van der Waals surface area contributed by atoms with Crippen LogP contribution in [0.5, 0.6) is 0 Å². The number of nitrogens with zero attached hydrogens (tertiary/aromatic N) is 2. The molecule has 1 aromatic heterocycles. The molecule has 0 spiro atoms. The van der Waals surface area contributed by atoms with Crippen LogP contribution in [0.25, 0.3) is 0 Å². The second kappa shape index (κ2) is 4.96. The molecule has 96 valence electrons. The minimum atomic E-state index is -3.86. The first-order valence-electron chi connectivity index (χ1n) is 5.26. The summed E-state index contributed by atoms with van der Waals surface area (Å²) in [7, 11) is -3.86. The molecule has 2 rings (SSSR count). The number of nitriles is 1. The fraction of sp³-hybridized carbons (Fsp3) is 0. The average Bonchev–Trinajstić information content (AvgIpc) is 2.41. The first-order chi connectivity index (χ1) is 9.04. The Bertz CT molecular complexity index is 750. The van der Waals surface area contributed by atoms with Gasteiger partial charge in [-0.3, -0.25) is 9.71 Å². The number of sulfonamides is 1. The molecule has 0 atom stereocenters. The zero-order chi connectivity index (χ0) is 13.9. The van der Waals surface area contributed by atoms with Crippen molar-refractivity contribution in [3.05, 3.63) is 48.3 Å². The van der Waals surface area contributed by atoms with Gasteiger partial charge in [-0.2, -0.15) is 5.26 Å². The highest BCUT2D eigenvalue weighted by molar-refractivity contribution is 7.92. The lowest BCUT2D eigenvalue weighted by Gasteiger charge is -2.10. The lowest BCUT2D eigenvalue weighted by Crippen LogP contribution is -2.15. The predicted molar refractivity (Wildman–Crippen MR) is 70.6 cm³/mol. The maximum atomic E-state index is 12.2. The summed E-state index contributed by atoms with van der Waals surface area (Å²) in [5.74, 6) is 0. The van der Waals surface area contributed by atoms with E-state index < -0.39 is 10.0 Å². The number of nitrogens with two attached hydrogens (primary N) is 1. The van der Waals surface area contributed by atoms with E-state index in [4.69, 9.17) is 11.0 Å². The monoisotopic (exact) mass is 274 g/mol. The Morgan fingerprint density at radius 1 is 1.26 bits per heavy atom. The van der Waals surface area contributed by atoms with Crippen LogP contribution in [0.15, 0.2) is 47.6 Å². The molecule has 3 N–H and O–H groups in total. The van der Waals surface area contributed by atoms with E-state index in [9.17, 15) is 8.42 Å². The number of benzene rings is 1. The minimum Gasteiger partial charge on any atom is -0.396 e. The normalized spacial score (nSPS) is 10.7. The van der Waals surface area contributed by atoms with Gasteiger partial charge in [0.1, 0.15) is 11.0 Å². The number of aromatic nitrogens is 1. The maximum absolute atomic E-state index is 12.2. The van der Waals surface area contributed by atoms with Crippen LogP contribution in [-0.2, 0) is 10.0 Å². The van der Waals surface area contributed by atoms with Gasteiger partial charge in [-0.25, -0.2) is 8.42 Å². The van der Waals surface area contributed by atoms with E-state index in [0.717, 1.165) is 0 Å². The SMILES string of the molecule is N#Cc1ccccc1S(=O)(=O)Nc1ccncc1N. The fourth-order valence-electron chi connectivity index (χ4n) is 1.49. The Balaban J connectivity index is 2.45. The molecule has 0 aliphatic heterocycles. The molecule has 19 heavy (non-hydrogen) atoms. The van der Waals surface area contributed by atoms with Gasteiger partial charge < -0.3 is 5.73 Å². The van der Waals surface area contributed by atoms with Crippen molar-refractivity contribution in [2.24, 2.45) is 0 Å². The third-order valence-electron chi connectivity index (χ3n) is 2.39. The molecule has 0 amide bonds. The van der Waals surface area contributed by atoms with Gasteiger partial charge in [-0.05, 0) is 18.2 Å². The Kier molecular flexibility index (Phi) is 3.35. The van der Waals surface area contributed by atoms with Crippen molar-refractivity contribution in [2.45, 2.75) is 4.90 Å². The molecule has 0 bridgehead atoms. The van der Waals surface area contributed by atoms with Crippen LogP contribution < -0.4 is 10.5 Å². The standard InChI is InChI=1S/C12H10N4O2S/c13-7-9-3-1-2-4-12(9)19(17,18)16-11-5-6-15-8-10(11)14/h1-6,8H,14H2,(H,15,16). The van der Waals surface area contributed by atoms with Crippen molar-refractivity contribution >= 4 is 21.4 Å². The van der Waals surface area contributed by atoms with E-state index in [2.05, 4.69) is 9.71 Å². The Labute approximate surface area is 110 Å². The molecule has 7 heteroatoms. The number of hydrogen-bond donors (Lipinski definition) is 2. The van der Waals surface area contributed by atoms with Crippen molar-refractivity contribution in [2.75, 3.05) is 10.5 Å². The van der Waals surface area contributed by atoms with Gasteiger partial charge in [0.05, 0.1) is 23.1 Å². The maximum Gasteiger partial charge on any atom is 0.263 e. The quantitative estimate of drug-likeness (QED) is 0.877. The van der Waals surface area contributed by atoms with Crippen molar-refractivity contribution in [1.29, 1.82) is 5.26 Å². The molecular weight excluding hydrogens is 264 g/mol. The minimum absolute atomic E-state index is 0.0719. The second-order valence-corrected chi connectivity index (χ2v) is 5.33. The second-order valence-electron chi connectivity index (χ2n) is 3.68. The van der Waals surface area contributed by atoms with E-state index in [1.165, 1.54) is 30.6 Å². The molecule has 0 saturated heterocycles. The van der Waals surface area contributed by atoms with Gasteiger partial charge in [0.15, 0.2) is 0 Å². The summed E-state index contributed by atoms with van der Waals surface area (Å²) in [6.45, 7) is 0. The average molecular weight is 274 g/mol.